The van der Waals surface area contributed by atoms with Crippen molar-refractivity contribution < 1.29 is 4.74 Å². The maximum Gasteiger partial charge on any atom is 0.0765 e. The quantitative estimate of drug-likeness (QED) is 0.358. The van der Waals surface area contributed by atoms with Gasteiger partial charge >= 0.3 is 0 Å². The Morgan fingerprint density at radius 3 is 2.56 bits per heavy atom. The monoisotopic (exact) mass is 441 g/mol. The van der Waals surface area contributed by atoms with Crippen LogP contribution >= 0.6 is 0 Å². The van der Waals surface area contributed by atoms with E-state index in [4.69, 9.17) is 4.74 Å². The van der Waals surface area contributed by atoms with Gasteiger partial charge in [0.15, 0.2) is 0 Å². The zero-order valence-electron chi connectivity index (χ0n) is 22.1. The Balaban J connectivity index is 0.00000105. The molecule has 6 rings (SSSR count). The summed E-state index contributed by atoms with van der Waals surface area (Å²) in [5, 5.41) is 0. The fourth-order valence-corrected chi connectivity index (χ4v) is 10.1. The summed E-state index contributed by atoms with van der Waals surface area (Å²) in [5.41, 5.74) is 4.42. The van der Waals surface area contributed by atoms with Gasteiger partial charge in [0.05, 0.1) is 11.7 Å². The van der Waals surface area contributed by atoms with E-state index in [9.17, 15) is 0 Å². The predicted molar refractivity (Wildman–Crippen MR) is 135 cm³/mol. The Kier molecular flexibility index (Phi) is 6.37. The Bertz CT molecular complexity index is 728. The van der Waals surface area contributed by atoms with Crippen LogP contribution in [0.4, 0.5) is 0 Å². The summed E-state index contributed by atoms with van der Waals surface area (Å²) in [6, 6.07) is 0.652. The third kappa shape index (κ3) is 3.40. The van der Waals surface area contributed by atoms with Crippen molar-refractivity contribution in [2.45, 2.75) is 129 Å². The highest BCUT2D eigenvalue weighted by atomic mass is 16.5. The molecule has 6 aliphatic rings. The summed E-state index contributed by atoms with van der Waals surface area (Å²) in [4.78, 5) is 2.63. The number of likely N-dealkylation sites (tertiary alicyclic amines) is 1. The molecule has 3 saturated carbocycles. The molecule has 2 saturated heterocycles. The zero-order chi connectivity index (χ0) is 22.7. The number of piperidine rings is 1. The van der Waals surface area contributed by atoms with Crippen LogP contribution in [0.15, 0.2) is 11.1 Å². The second-order valence-corrected chi connectivity index (χ2v) is 12.8. The second-order valence-electron chi connectivity index (χ2n) is 12.8. The first-order chi connectivity index (χ1) is 15.4. The van der Waals surface area contributed by atoms with Crippen molar-refractivity contribution in [3.8, 4) is 0 Å². The Morgan fingerprint density at radius 1 is 0.969 bits per heavy atom. The van der Waals surface area contributed by atoms with Gasteiger partial charge < -0.3 is 9.64 Å². The van der Waals surface area contributed by atoms with Gasteiger partial charge in [0, 0.05) is 12.0 Å². The van der Waals surface area contributed by atoms with Crippen LogP contribution in [0.1, 0.15) is 112 Å². The van der Waals surface area contributed by atoms with Crippen LogP contribution in [0, 0.1) is 35.0 Å². The lowest BCUT2D eigenvalue weighted by Gasteiger charge is -2.52. The van der Waals surface area contributed by atoms with Crippen molar-refractivity contribution in [3.63, 3.8) is 0 Å². The smallest absolute Gasteiger partial charge is 0.0765 e. The maximum atomic E-state index is 7.06. The van der Waals surface area contributed by atoms with Crippen molar-refractivity contribution >= 4 is 0 Å². The molecule has 0 aromatic rings. The summed E-state index contributed by atoms with van der Waals surface area (Å²) < 4.78 is 7.06. The van der Waals surface area contributed by atoms with E-state index in [2.05, 4.69) is 32.7 Å². The fourth-order valence-electron chi connectivity index (χ4n) is 10.1. The number of ether oxygens (including phenoxy) is 1. The molecule has 0 bridgehead atoms. The number of hydrogen-bond acceptors (Lipinski definition) is 2. The van der Waals surface area contributed by atoms with Crippen molar-refractivity contribution in [1.82, 2.24) is 4.90 Å². The van der Waals surface area contributed by atoms with E-state index in [1.807, 2.05) is 19.4 Å². The molecule has 2 heterocycles. The van der Waals surface area contributed by atoms with Gasteiger partial charge in [-0.3, -0.25) is 0 Å². The van der Waals surface area contributed by atoms with E-state index in [0.29, 0.717) is 23.5 Å². The van der Waals surface area contributed by atoms with Gasteiger partial charge in [0.25, 0.3) is 0 Å². The molecule has 0 N–H and O–H groups in total. The lowest BCUT2D eigenvalue weighted by Crippen LogP contribution is -2.47. The first-order valence-electron chi connectivity index (χ1n) is 14.5. The van der Waals surface area contributed by atoms with Gasteiger partial charge in [0.2, 0.25) is 0 Å². The molecule has 0 aromatic carbocycles. The molecule has 2 nitrogen and oxygen atoms in total. The molecular formula is C30H51NO. The topological polar surface area (TPSA) is 12.5 Å². The number of allylic oxidation sites excluding steroid dienone is 1. The van der Waals surface area contributed by atoms with Crippen molar-refractivity contribution in [1.29, 1.82) is 0 Å². The normalized spacial score (nSPS) is 50.6. The molecule has 32 heavy (non-hydrogen) atoms. The molecule has 0 amide bonds. The van der Waals surface area contributed by atoms with Crippen molar-refractivity contribution in [2.24, 2.45) is 35.0 Å². The maximum absolute atomic E-state index is 7.06. The fraction of sp³-hybridized carbons (Fsp3) is 0.933. The van der Waals surface area contributed by atoms with E-state index in [1.54, 1.807) is 5.57 Å². The van der Waals surface area contributed by atoms with E-state index in [0.717, 1.165) is 23.7 Å². The minimum Gasteiger partial charge on any atom is -0.369 e. The summed E-state index contributed by atoms with van der Waals surface area (Å²) in [6.07, 6.45) is 17.5. The number of fused-ring (bicyclic) bond motifs is 6. The third-order valence-electron chi connectivity index (χ3n) is 11.7. The molecule has 4 aliphatic carbocycles. The molecule has 9 atom stereocenters. The number of likely N-dealkylation sites (N-methyl/N-ethyl adjacent to an activating group) is 1. The predicted octanol–water partition coefficient (Wildman–Crippen LogP) is 7.62. The van der Waals surface area contributed by atoms with Gasteiger partial charge in [0.1, 0.15) is 0 Å². The van der Waals surface area contributed by atoms with Crippen LogP contribution in [-0.2, 0) is 4.74 Å². The van der Waals surface area contributed by atoms with Crippen LogP contribution in [-0.4, -0.2) is 36.2 Å². The van der Waals surface area contributed by atoms with E-state index in [-0.39, 0.29) is 5.60 Å². The highest BCUT2D eigenvalue weighted by Crippen LogP contribution is 2.65. The molecule has 2 heteroatoms. The Labute approximate surface area is 198 Å². The van der Waals surface area contributed by atoms with Crippen molar-refractivity contribution in [2.75, 3.05) is 13.6 Å². The zero-order valence-corrected chi connectivity index (χ0v) is 22.1. The molecule has 0 radical (unpaired) electrons. The van der Waals surface area contributed by atoms with E-state index < -0.39 is 0 Å². The molecule has 1 spiro atoms. The van der Waals surface area contributed by atoms with Gasteiger partial charge in [-0.25, -0.2) is 0 Å². The minimum atomic E-state index is 0.122. The Hall–Kier alpha value is -0.340. The number of hydrogen-bond donors (Lipinski definition) is 0. The summed E-state index contributed by atoms with van der Waals surface area (Å²) in [7, 11) is 2.35. The van der Waals surface area contributed by atoms with E-state index in [1.165, 1.54) is 83.6 Å². The van der Waals surface area contributed by atoms with Crippen LogP contribution in [0.3, 0.4) is 0 Å². The second kappa shape index (κ2) is 8.71. The lowest BCUT2D eigenvalue weighted by molar-refractivity contribution is -0.0741. The molecule has 182 valence electrons. The largest absolute Gasteiger partial charge is 0.369 e. The summed E-state index contributed by atoms with van der Waals surface area (Å²) in [6.45, 7) is 13.0. The minimum absolute atomic E-state index is 0.122. The lowest BCUT2D eigenvalue weighted by atomic mass is 9.52. The molecule has 9 unspecified atom stereocenters. The number of rotatable bonds is 0. The van der Waals surface area contributed by atoms with Crippen LogP contribution in [0.25, 0.3) is 0 Å². The third-order valence-corrected chi connectivity index (χ3v) is 11.7. The average Bonchev–Trinajstić information content (AvgIpc) is 3.26. The van der Waals surface area contributed by atoms with Crippen LogP contribution in [0.2, 0.25) is 0 Å². The van der Waals surface area contributed by atoms with Crippen molar-refractivity contribution in [3.05, 3.63) is 11.1 Å². The van der Waals surface area contributed by atoms with Crippen LogP contribution in [0.5, 0.6) is 0 Å². The summed E-state index contributed by atoms with van der Waals surface area (Å²) >= 11 is 0. The Morgan fingerprint density at radius 2 is 1.78 bits per heavy atom. The van der Waals surface area contributed by atoms with E-state index >= 15 is 0 Å². The molecule has 2 aliphatic heterocycles. The standard InChI is InChI=1S/C28H45NO.C2H6/c1-18-17-28(19(2)26-25(30-28)9-7-15-29(26)4)14-12-21-22-11-10-20-8-5-6-13-27(20,3)24(22)16-23(18)21;1-2/h19-22,24-26H,5-17H2,1-4H3;1-2H3. The average molecular weight is 442 g/mol. The van der Waals surface area contributed by atoms with Gasteiger partial charge in [-0.2, -0.15) is 0 Å². The molecule has 5 fully saturated rings. The first kappa shape index (κ1) is 23.4. The van der Waals surface area contributed by atoms with Gasteiger partial charge in [-0.05, 0) is 114 Å². The molecular weight excluding hydrogens is 390 g/mol. The summed E-state index contributed by atoms with van der Waals surface area (Å²) in [5.74, 6) is 4.54. The highest BCUT2D eigenvalue weighted by Gasteiger charge is 2.59. The SMILES string of the molecule is CC.CC1=C2CC3C(CCC4CCCCC43C)C2CCC2(C1)OC1CCCN(C)C1C2C. The highest BCUT2D eigenvalue weighted by molar-refractivity contribution is 5.29. The van der Waals surface area contributed by atoms with Gasteiger partial charge in [-0.15, -0.1) is 0 Å². The van der Waals surface area contributed by atoms with Crippen LogP contribution < -0.4 is 0 Å². The number of nitrogens with zero attached hydrogens (tertiary/aromatic N) is 1. The first-order valence-corrected chi connectivity index (χ1v) is 14.5. The van der Waals surface area contributed by atoms with Gasteiger partial charge in [-0.1, -0.05) is 51.7 Å². The molecule has 0 aromatic heterocycles.